The van der Waals surface area contributed by atoms with Crippen LogP contribution in [-0.2, 0) is 10.1 Å². The van der Waals surface area contributed by atoms with Crippen LogP contribution in [0.25, 0.3) is 10.8 Å². The van der Waals surface area contributed by atoms with Crippen LogP contribution in [0.2, 0.25) is 5.02 Å². The number of nitrogens with zero attached hydrogens (tertiary/aromatic N) is 1. The van der Waals surface area contributed by atoms with Crippen LogP contribution in [0, 0.1) is 6.92 Å². The monoisotopic (exact) mass is 435 g/mol. The molecule has 0 unspecified atom stereocenters. The third-order valence-electron chi connectivity index (χ3n) is 4.73. The lowest BCUT2D eigenvalue weighted by atomic mass is 10.0. The first-order valence-electron chi connectivity index (χ1n) is 9.26. The standard InChI is InChI=1S/C24H18ClNO3S/c1-17-22(25)12-7-13-23(17)26-16-21-20-11-6-5-8-18(20)14-15-24(21)29-30(27,28)19-9-3-2-4-10-19/h2-16H,1H3. The summed E-state index contributed by atoms with van der Waals surface area (Å²) in [5.41, 5.74) is 2.12. The molecule has 0 bridgehead atoms. The van der Waals surface area contributed by atoms with Crippen molar-refractivity contribution in [2.24, 2.45) is 4.99 Å². The minimum absolute atomic E-state index is 0.0896. The molecule has 0 fully saturated rings. The van der Waals surface area contributed by atoms with E-state index in [9.17, 15) is 8.42 Å². The van der Waals surface area contributed by atoms with Gasteiger partial charge >= 0.3 is 10.1 Å². The van der Waals surface area contributed by atoms with Gasteiger partial charge in [-0.2, -0.15) is 8.42 Å². The highest BCUT2D eigenvalue weighted by atomic mass is 35.5. The molecule has 6 heteroatoms. The number of hydrogen-bond acceptors (Lipinski definition) is 4. The lowest BCUT2D eigenvalue weighted by Crippen LogP contribution is -2.11. The summed E-state index contributed by atoms with van der Waals surface area (Å²) in [4.78, 5) is 4.66. The third-order valence-corrected chi connectivity index (χ3v) is 6.39. The first-order valence-corrected chi connectivity index (χ1v) is 11.0. The Morgan fingerprint density at radius 1 is 0.867 bits per heavy atom. The highest BCUT2D eigenvalue weighted by Gasteiger charge is 2.19. The molecule has 30 heavy (non-hydrogen) atoms. The molecule has 0 aliphatic heterocycles. The summed E-state index contributed by atoms with van der Waals surface area (Å²) >= 11 is 6.20. The minimum Gasteiger partial charge on any atom is -0.378 e. The Kier molecular flexibility index (Phi) is 5.57. The first kappa shape index (κ1) is 20.1. The summed E-state index contributed by atoms with van der Waals surface area (Å²) in [5.74, 6) is 0.209. The van der Waals surface area contributed by atoms with Gasteiger partial charge in [-0.15, -0.1) is 0 Å². The zero-order chi connectivity index (χ0) is 21.1. The van der Waals surface area contributed by atoms with Crippen LogP contribution in [0.15, 0.2) is 94.8 Å². The van der Waals surface area contributed by atoms with Crippen LogP contribution in [0.4, 0.5) is 5.69 Å². The summed E-state index contributed by atoms with van der Waals surface area (Å²) in [5, 5.41) is 2.40. The quantitative estimate of drug-likeness (QED) is 0.272. The molecule has 4 aromatic carbocycles. The van der Waals surface area contributed by atoms with E-state index in [0.717, 1.165) is 16.3 Å². The normalized spacial score (nSPS) is 11.8. The maximum atomic E-state index is 12.8. The van der Waals surface area contributed by atoms with Gasteiger partial charge in [0.15, 0.2) is 5.75 Å². The molecule has 0 aliphatic carbocycles. The fourth-order valence-corrected chi connectivity index (χ4v) is 4.24. The average Bonchev–Trinajstić information content (AvgIpc) is 2.76. The van der Waals surface area contributed by atoms with Gasteiger partial charge in [0.25, 0.3) is 0 Å². The molecule has 0 saturated carbocycles. The predicted molar refractivity (Wildman–Crippen MR) is 122 cm³/mol. The van der Waals surface area contributed by atoms with Gasteiger partial charge in [0.05, 0.1) is 5.69 Å². The maximum Gasteiger partial charge on any atom is 0.339 e. The fraction of sp³-hybridized carbons (Fsp3) is 0.0417. The number of fused-ring (bicyclic) bond motifs is 1. The molecular formula is C24H18ClNO3S. The third kappa shape index (κ3) is 4.08. The summed E-state index contributed by atoms with van der Waals surface area (Å²) in [7, 11) is -3.99. The van der Waals surface area contributed by atoms with E-state index < -0.39 is 10.1 Å². The molecule has 0 amide bonds. The number of benzene rings is 4. The number of aliphatic imine (C=N–C) groups is 1. The molecule has 0 heterocycles. The molecule has 0 atom stereocenters. The Morgan fingerprint density at radius 2 is 1.60 bits per heavy atom. The molecule has 0 aromatic heterocycles. The van der Waals surface area contributed by atoms with Gasteiger partial charge in [0.1, 0.15) is 4.90 Å². The Bertz CT molecular complexity index is 1350. The smallest absolute Gasteiger partial charge is 0.339 e. The van der Waals surface area contributed by atoms with Gasteiger partial charge in [-0.3, -0.25) is 4.99 Å². The van der Waals surface area contributed by atoms with Gasteiger partial charge in [-0.1, -0.05) is 66.2 Å². The first-order chi connectivity index (χ1) is 14.5. The molecule has 150 valence electrons. The van der Waals surface area contributed by atoms with E-state index in [2.05, 4.69) is 4.99 Å². The van der Waals surface area contributed by atoms with Crippen LogP contribution < -0.4 is 4.18 Å². The van der Waals surface area contributed by atoms with Gasteiger partial charge in [-0.05, 0) is 53.6 Å². The van der Waals surface area contributed by atoms with Gasteiger partial charge in [-0.25, -0.2) is 0 Å². The Hall–Kier alpha value is -3.15. The molecular weight excluding hydrogens is 418 g/mol. The predicted octanol–water partition coefficient (Wildman–Crippen LogP) is 6.32. The van der Waals surface area contributed by atoms with Crippen LogP contribution in [0.3, 0.4) is 0 Å². The largest absolute Gasteiger partial charge is 0.378 e. The lowest BCUT2D eigenvalue weighted by molar-refractivity contribution is 0.486. The SMILES string of the molecule is Cc1c(Cl)cccc1N=Cc1c(OS(=O)(=O)c2ccccc2)ccc2ccccc12. The molecule has 4 rings (SSSR count). The Morgan fingerprint density at radius 3 is 2.40 bits per heavy atom. The Labute approximate surface area is 180 Å². The summed E-state index contributed by atoms with van der Waals surface area (Å²) in [6.07, 6.45) is 1.62. The number of hydrogen-bond donors (Lipinski definition) is 0. The van der Waals surface area contributed by atoms with E-state index in [1.807, 2.05) is 49.4 Å². The second-order valence-electron chi connectivity index (χ2n) is 6.69. The minimum atomic E-state index is -3.99. The molecule has 0 N–H and O–H groups in total. The zero-order valence-corrected chi connectivity index (χ0v) is 17.7. The molecule has 0 saturated heterocycles. The second kappa shape index (κ2) is 8.30. The highest BCUT2D eigenvalue weighted by molar-refractivity contribution is 7.87. The van der Waals surface area contributed by atoms with Crippen molar-refractivity contribution in [3.05, 3.63) is 101 Å². The summed E-state index contributed by atoms with van der Waals surface area (Å²) in [6, 6.07) is 24.7. The van der Waals surface area contributed by atoms with Crippen LogP contribution in [0.5, 0.6) is 5.75 Å². The van der Waals surface area contributed by atoms with Crippen molar-refractivity contribution in [3.63, 3.8) is 0 Å². The topological polar surface area (TPSA) is 55.7 Å². The van der Waals surface area contributed by atoms with Crippen LogP contribution in [0.1, 0.15) is 11.1 Å². The van der Waals surface area contributed by atoms with E-state index in [1.54, 1.807) is 36.5 Å². The van der Waals surface area contributed by atoms with E-state index in [4.69, 9.17) is 15.8 Å². The summed E-state index contributed by atoms with van der Waals surface area (Å²) in [6.45, 7) is 1.88. The fourth-order valence-electron chi connectivity index (χ4n) is 3.10. The number of rotatable bonds is 5. The van der Waals surface area contributed by atoms with Crippen molar-refractivity contribution in [3.8, 4) is 5.75 Å². The second-order valence-corrected chi connectivity index (χ2v) is 8.64. The van der Waals surface area contributed by atoms with Crippen molar-refractivity contribution < 1.29 is 12.6 Å². The molecule has 0 aliphatic rings. The van der Waals surface area contributed by atoms with Gasteiger partial charge < -0.3 is 4.18 Å². The zero-order valence-electron chi connectivity index (χ0n) is 16.1. The van der Waals surface area contributed by atoms with Gasteiger partial charge in [0.2, 0.25) is 0 Å². The van der Waals surface area contributed by atoms with Crippen LogP contribution in [-0.4, -0.2) is 14.6 Å². The van der Waals surface area contributed by atoms with E-state index in [-0.39, 0.29) is 10.6 Å². The summed E-state index contributed by atoms with van der Waals surface area (Å²) < 4.78 is 31.1. The van der Waals surface area contributed by atoms with Gasteiger partial charge in [0, 0.05) is 16.8 Å². The van der Waals surface area contributed by atoms with E-state index in [0.29, 0.717) is 16.3 Å². The van der Waals surface area contributed by atoms with Crippen molar-refractivity contribution >= 4 is 44.4 Å². The van der Waals surface area contributed by atoms with Crippen molar-refractivity contribution in [2.75, 3.05) is 0 Å². The number of halogens is 1. The average molecular weight is 436 g/mol. The van der Waals surface area contributed by atoms with Crippen LogP contribution >= 0.6 is 11.6 Å². The maximum absolute atomic E-state index is 12.8. The van der Waals surface area contributed by atoms with E-state index >= 15 is 0 Å². The molecule has 4 aromatic rings. The van der Waals surface area contributed by atoms with E-state index in [1.165, 1.54) is 12.1 Å². The van der Waals surface area contributed by atoms with Crippen molar-refractivity contribution in [1.82, 2.24) is 0 Å². The Balaban J connectivity index is 1.83. The van der Waals surface area contributed by atoms with Crippen molar-refractivity contribution in [2.45, 2.75) is 11.8 Å². The molecule has 4 nitrogen and oxygen atoms in total. The van der Waals surface area contributed by atoms with Crippen molar-refractivity contribution in [1.29, 1.82) is 0 Å². The lowest BCUT2D eigenvalue weighted by Gasteiger charge is -2.12. The highest BCUT2D eigenvalue weighted by Crippen LogP contribution is 2.31. The molecule has 0 radical (unpaired) electrons. The molecule has 0 spiro atoms.